The molecule has 2 rings (SSSR count). The van der Waals surface area contributed by atoms with Gasteiger partial charge in [-0.2, -0.15) is 5.10 Å². The van der Waals surface area contributed by atoms with E-state index in [4.69, 9.17) is 9.15 Å². The fourth-order valence-electron chi connectivity index (χ4n) is 1.48. The lowest BCUT2D eigenvalue weighted by molar-refractivity contribution is 0.199. The van der Waals surface area contributed by atoms with Gasteiger partial charge in [0.15, 0.2) is 5.76 Å². The highest BCUT2D eigenvalue weighted by Crippen LogP contribution is 2.20. The zero-order chi connectivity index (χ0) is 11.2. The first-order valence-electron chi connectivity index (χ1n) is 5.17. The highest BCUT2D eigenvalue weighted by Gasteiger charge is 2.08. The van der Waals surface area contributed by atoms with Gasteiger partial charge in [0.25, 0.3) is 0 Å². The lowest BCUT2D eigenvalue weighted by Crippen LogP contribution is -2.18. The van der Waals surface area contributed by atoms with Crippen LogP contribution < -0.4 is 5.32 Å². The SMILES string of the molecule is COCCNCc1cn[nH]c1-c1ccco1. The van der Waals surface area contributed by atoms with Crippen molar-refractivity contribution >= 4 is 0 Å². The van der Waals surface area contributed by atoms with Gasteiger partial charge in [-0.3, -0.25) is 5.10 Å². The Morgan fingerprint density at radius 3 is 3.25 bits per heavy atom. The first kappa shape index (κ1) is 10.9. The number of furan rings is 1. The predicted molar refractivity (Wildman–Crippen MR) is 59.9 cm³/mol. The van der Waals surface area contributed by atoms with Crippen molar-refractivity contribution in [1.29, 1.82) is 0 Å². The quantitative estimate of drug-likeness (QED) is 0.724. The van der Waals surface area contributed by atoms with Crippen molar-refractivity contribution in [3.8, 4) is 11.5 Å². The minimum atomic E-state index is 0.702. The lowest BCUT2D eigenvalue weighted by Gasteiger charge is -2.03. The van der Waals surface area contributed by atoms with Gasteiger partial charge in [0.2, 0.25) is 0 Å². The summed E-state index contributed by atoms with van der Waals surface area (Å²) in [6.45, 7) is 2.27. The van der Waals surface area contributed by atoms with Gasteiger partial charge in [0, 0.05) is 25.8 Å². The molecule has 5 nitrogen and oxygen atoms in total. The van der Waals surface area contributed by atoms with Crippen LogP contribution in [0.3, 0.4) is 0 Å². The fourth-order valence-corrected chi connectivity index (χ4v) is 1.48. The number of nitrogens with zero attached hydrogens (tertiary/aromatic N) is 1. The summed E-state index contributed by atoms with van der Waals surface area (Å²) >= 11 is 0. The van der Waals surface area contributed by atoms with E-state index < -0.39 is 0 Å². The topological polar surface area (TPSA) is 63.1 Å². The summed E-state index contributed by atoms with van der Waals surface area (Å²) in [7, 11) is 1.69. The standard InChI is InChI=1S/C11H15N3O2/c1-15-6-4-12-7-9-8-13-14-11(9)10-3-2-5-16-10/h2-3,5,8,12H,4,6-7H2,1H3,(H,13,14). The zero-order valence-corrected chi connectivity index (χ0v) is 9.19. The number of nitrogens with one attached hydrogen (secondary N) is 2. The molecular formula is C11H15N3O2. The summed E-state index contributed by atoms with van der Waals surface area (Å²) < 4.78 is 10.3. The smallest absolute Gasteiger partial charge is 0.151 e. The summed E-state index contributed by atoms with van der Waals surface area (Å²) in [5.74, 6) is 0.807. The van der Waals surface area contributed by atoms with E-state index >= 15 is 0 Å². The Bertz CT molecular complexity index is 409. The van der Waals surface area contributed by atoms with E-state index in [1.165, 1.54) is 0 Å². The molecule has 2 N–H and O–H groups in total. The molecule has 0 radical (unpaired) electrons. The van der Waals surface area contributed by atoms with Crippen molar-refractivity contribution < 1.29 is 9.15 Å². The normalized spacial score (nSPS) is 10.8. The van der Waals surface area contributed by atoms with E-state index in [2.05, 4.69) is 15.5 Å². The van der Waals surface area contributed by atoms with Crippen LogP contribution in [0.15, 0.2) is 29.0 Å². The second-order valence-electron chi connectivity index (χ2n) is 3.42. The average molecular weight is 221 g/mol. The van der Waals surface area contributed by atoms with Gasteiger partial charge in [-0.15, -0.1) is 0 Å². The number of ether oxygens (including phenoxy) is 1. The van der Waals surface area contributed by atoms with E-state index in [-0.39, 0.29) is 0 Å². The highest BCUT2D eigenvalue weighted by molar-refractivity contribution is 5.55. The van der Waals surface area contributed by atoms with Crippen molar-refractivity contribution in [3.63, 3.8) is 0 Å². The first-order chi connectivity index (χ1) is 7.92. The Labute approximate surface area is 93.8 Å². The van der Waals surface area contributed by atoms with Gasteiger partial charge in [0.05, 0.1) is 19.1 Å². The molecule has 0 bridgehead atoms. The lowest BCUT2D eigenvalue weighted by atomic mass is 10.2. The number of aromatic nitrogens is 2. The van der Waals surface area contributed by atoms with Crippen LogP contribution in [0.25, 0.3) is 11.5 Å². The maximum absolute atomic E-state index is 5.32. The van der Waals surface area contributed by atoms with E-state index in [0.717, 1.165) is 30.1 Å². The molecule has 0 atom stereocenters. The van der Waals surface area contributed by atoms with Crippen LogP contribution in [-0.4, -0.2) is 30.5 Å². The third-order valence-corrected chi connectivity index (χ3v) is 2.28. The Balaban J connectivity index is 1.97. The molecular weight excluding hydrogens is 206 g/mol. The van der Waals surface area contributed by atoms with Crippen LogP contribution in [0.2, 0.25) is 0 Å². The maximum atomic E-state index is 5.32. The van der Waals surface area contributed by atoms with Crippen LogP contribution in [0.5, 0.6) is 0 Å². The Hall–Kier alpha value is -1.59. The summed E-state index contributed by atoms with van der Waals surface area (Å²) in [5, 5.41) is 10.2. The van der Waals surface area contributed by atoms with Gasteiger partial charge in [0.1, 0.15) is 5.69 Å². The first-order valence-corrected chi connectivity index (χ1v) is 5.17. The van der Waals surface area contributed by atoms with Gasteiger partial charge < -0.3 is 14.5 Å². The number of hydrogen-bond acceptors (Lipinski definition) is 4. The number of rotatable bonds is 6. The van der Waals surface area contributed by atoms with Crippen LogP contribution in [-0.2, 0) is 11.3 Å². The molecule has 16 heavy (non-hydrogen) atoms. The van der Waals surface area contributed by atoms with Crippen molar-refractivity contribution in [3.05, 3.63) is 30.2 Å². The largest absolute Gasteiger partial charge is 0.463 e. The van der Waals surface area contributed by atoms with E-state index in [9.17, 15) is 0 Å². The summed E-state index contributed by atoms with van der Waals surface area (Å²) in [4.78, 5) is 0. The molecule has 0 saturated carbocycles. The van der Waals surface area contributed by atoms with Crippen LogP contribution >= 0.6 is 0 Å². The van der Waals surface area contributed by atoms with Crippen LogP contribution in [0, 0.1) is 0 Å². The van der Waals surface area contributed by atoms with Crippen molar-refractivity contribution in [1.82, 2.24) is 15.5 Å². The number of methoxy groups -OCH3 is 1. The molecule has 0 fully saturated rings. The molecule has 0 aliphatic heterocycles. The Morgan fingerprint density at radius 2 is 2.50 bits per heavy atom. The van der Waals surface area contributed by atoms with Crippen molar-refractivity contribution in [2.45, 2.75) is 6.54 Å². The summed E-state index contributed by atoms with van der Waals surface area (Å²) in [6, 6.07) is 3.77. The Kier molecular flexibility index (Phi) is 3.74. The van der Waals surface area contributed by atoms with Crippen molar-refractivity contribution in [2.75, 3.05) is 20.3 Å². The number of H-pyrrole nitrogens is 1. The molecule has 0 spiro atoms. The molecule has 2 heterocycles. The summed E-state index contributed by atoms with van der Waals surface area (Å²) in [6.07, 6.45) is 3.45. The maximum Gasteiger partial charge on any atom is 0.151 e. The van der Waals surface area contributed by atoms with Gasteiger partial charge in [-0.25, -0.2) is 0 Å². The minimum Gasteiger partial charge on any atom is -0.463 e. The van der Waals surface area contributed by atoms with E-state index in [0.29, 0.717) is 6.61 Å². The molecule has 2 aromatic heterocycles. The third kappa shape index (κ3) is 2.50. The summed E-state index contributed by atoms with van der Waals surface area (Å²) in [5.41, 5.74) is 2.01. The molecule has 0 amide bonds. The van der Waals surface area contributed by atoms with Crippen LogP contribution in [0.1, 0.15) is 5.56 Å². The van der Waals surface area contributed by atoms with E-state index in [1.54, 1.807) is 19.6 Å². The molecule has 0 aromatic carbocycles. The van der Waals surface area contributed by atoms with Crippen LogP contribution in [0.4, 0.5) is 0 Å². The zero-order valence-electron chi connectivity index (χ0n) is 9.19. The third-order valence-electron chi connectivity index (χ3n) is 2.28. The second-order valence-corrected chi connectivity index (χ2v) is 3.42. The molecule has 5 heteroatoms. The Morgan fingerprint density at radius 1 is 1.56 bits per heavy atom. The molecule has 0 aliphatic rings. The fraction of sp³-hybridized carbons (Fsp3) is 0.364. The average Bonchev–Trinajstić information content (AvgIpc) is 2.94. The molecule has 0 aliphatic carbocycles. The van der Waals surface area contributed by atoms with Gasteiger partial charge >= 0.3 is 0 Å². The molecule has 0 unspecified atom stereocenters. The van der Waals surface area contributed by atoms with E-state index in [1.807, 2.05) is 12.1 Å². The monoisotopic (exact) mass is 221 g/mol. The molecule has 86 valence electrons. The van der Waals surface area contributed by atoms with Gasteiger partial charge in [-0.05, 0) is 12.1 Å². The minimum absolute atomic E-state index is 0.702. The predicted octanol–water partition coefficient (Wildman–Crippen LogP) is 1.41. The molecule has 0 saturated heterocycles. The molecule has 2 aromatic rings. The highest BCUT2D eigenvalue weighted by atomic mass is 16.5. The van der Waals surface area contributed by atoms with Crippen molar-refractivity contribution in [2.24, 2.45) is 0 Å². The number of hydrogen-bond donors (Lipinski definition) is 2. The number of aromatic amines is 1. The second kappa shape index (κ2) is 5.48. The van der Waals surface area contributed by atoms with Gasteiger partial charge in [-0.1, -0.05) is 0 Å².